The highest BCUT2D eigenvalue weighted by Crippen LogP contribution is 2.27. The Balaban J connectivity index is 2.40. The highest BCUT2D eigenvalue weighted by atomic mass is 79.9. The minimum atomic E-state index is 0.670. The predicted molar refractivity (Wildman–Crippen MR) is 75.2 cm³/mol. The number of hydrogen-bond acceptors (Lipinski definition) is 3. The van der Waals surface area contributed by atoms with Crippen molar-refractivity contribution >= 4 is 15.9 Å². The molecule has 0 aliphatic carbocycles. The average molecular weight is 310 g/mol. The molecule has 4 nitrogen and oxygen atoms in total. The Morgan fingerprint density at radius 1 is 1.39 bits per heavy atom. The van der Waals surface area contributed by atoms with Gasteiger partial charge < -0.3 is 10.5 Å². The van der Waals surface area contributed by atoms with Crippen LogP contribution in [0.2, 0.25) is 0 Å². The molecule has 0 spiro atoms. The lowest BCUT2D eigenvalue weighted by Gasteiger charge is -2.09. The number of para-hydroxylation sites is 1. The first-order chi connectivity index (χ1) is 8.77. The molecule has 0 radical (unpaired) electrons. The average Bonchev–Trinajstić information content (AvgIpc) is 2.79. The van der Waals surface area contributed by atoms with E-state index >= 15 is 0 Å². The zero-order chi connectivity index (χ0) is 13.0. The number of methoxy groups -OCH3 is 1. The van der Waals surface area contributed by atoms with Crippen molar-refractivity contribution in [1.29, 1.82) is 0 Å². The van der Waals surface area contributed by atoms with Gasteiger partial charge in [-0.1, -0.05) is 12.1 Å². The Morgan fingerprint density at radius 2 is 2.17 bits per heavy atom. The SMILES string of the molecule is COc1c(CCCN)cnn1-c1ccccc1Br. The van der Waals surface area contributed by atoms with E-state index in [9.17, 15) is 0 Å². The van der Waals surface area contributed by atoms with Crippen LogP contribution < -0.4 is 10.5 Å². The summed E-state index contributed by atoms with van der Waals surface area (Å²) in [5, 5.41) is 4.39. The molecule has 2 aromatic rings. The Morgan fingerprint density at radius 3 is 2.83 bits per heavy atom. The largest absolute Gasteiger partial charge is 0.481 e. The monoisotopic (exact) mass is 309 g/mol. The molecule has 0 unspecified atom stereocenters. The minimum Gasteiger partial charge on any atom is -0.481 e. The van der Waals surface area contributed by atoms with Crippen molar-refractivity contribution in [3.05, 3.63) is 40.5 Å². The molecular formula is C13H16BrN3O. The van der Waals surface area contributed by atoms with Gasteiger partial charge in [-0.05, 0) is 47.4 Å². The van der Waals surface area contributed by atoms with Gasteiger partial charge in [0.15, 0.2) is 0 Å². The zero-order valence-corrected chi connectivity index (χ0v) is 11.9. The number of aryl methyl sites for hydroxylation is 1. The van der Waals surface area contributed by atoms with Gasteiger partial charge in [-0.2, -0.15) is 9.78 Å². The molecule has 1 aromatic carbocycles. The maximum absolute atomic E-state index is 5.53. The van der Waals surface area contributed by atoms with Crippen molar-refractivity contribution in [2.45, 2.75) is 12.8 Å². The second kappa shape index (κ2) is 6.02. The van der Waals surface area contributed by atoms with Crippen LogP contribution >= 0.6 is 15.9 Å². The van der Waals surface area contributed by atoms with Crippen LogP contribution in [-0.2, 0) is 6.42 Å². The molecule has 0 aliphatic rings. The number of aromatic nitrogens is 2. The van der Waals surface area contributed by atoms with E-state index in [0.29, 0.717) is 6.54 Å². The third kappa shape index (κ3) is 2.57. The Labute approximate surface area is 115 Å². The van der Waals surface area contributed by atoms with Crippen LogP contribution in [0.25, 0.3) is 5.69 Å². The first kappa shape index (κ1) is 13.1. The third-order valence-corrected chi connectivity index (χ3v) is 3.39. The molecule has 0 saturated heterocycles. The maximum Gasteiger partial charge on any atom is 0.219 e. The molecule has 0 saturated carbocycles. The van der Waals surface area contributed by atoms with Crippen molar-refractivity contribution < 1.29 is 4.74 Å². The molecule has 18 heavy (non-hydrogen) atoms. The summed E-state index contributed by atoms with van der Waals surface area (Å²) in [6, 6.07) is 7.92. The van der Waals surface area contributed by atoms with Gasteiger partial charge in [0.05, 0.1) is 19.0 Å². The van der Waals surface area contributed by atoms with Crippen LogP contribution in [0.15, 0.2) is 34.9 Å². The molecular weight excluding hydrogens is 294 g/mol. The zero-order valence-electron chi connectivity index (χ0n) is 10.3. The van der Waals surface area contributed by atoms with Gasteiger partial charge >= 0.3 is 0 Å². The van der Waals surface area contributed by atoms with E-state index in [1.807, 2.05) is 30.5 Å². The number of nitrogens with two attached hydrogens (primary N) is 1. The van der Waals surface area contributed by atoms with E-state index in [1.54, 1.807) is 11.8 Å². The highest BCUT2D eigenvalue weighted by Gasteiger charge is 2.13. The van der Waals surface area contributed by atoms with Crippen LogP contribution in [0.5, 0.6) is 5.88 Å². The number of halogens is 1. The first-order valence-electron chi connectivity index (χ1n) is 5.83. The quantitative estimate of drug-likeness (QED) is 0.923. The highest BCUT2D eigenvalue weighted by molar-refractivity contribution is 9.10. The smallest absolute Gasteiger partial charge is 0.219 e. The summed E-state index contributed by atoms with van der Waals surface area (Å²) in [5.74, 6) is 0.773. The van der Waals surface area contributed by atoms with Crippen molar-refractivity contribution in [1.82, 2.24) is 9.78 Å². The number of hydrogen-bond donors (Lipinski definition) is 1. The van der Waals surface area contributed by atoms with Gasteiger partial charge in [0.25, 0.3) is 0 Å². The van der Waals surface area contributed by atoms with E-state index < -0.39 is 0 Å². The fourth-order valence-electron chi connectivity index (χ4n) is 1.85. The van der Waals surface area contributed by atoms with Crippen LogP contribution in [-0.4, -0.2) is 23.4 Å². The van der Waals surface area contributed by atoms with Crippen molar-refractivity contribution in [3.63, 3.8) is 0 Å². The molecule has 2 N–H and O–H groups in total. The summed E-state index contributed by atoms with van der Waals surface area (Å²) in [4.78, 5) is 0. The second-order valence-electron chi connectivity index (χ2n) is 3.93. The number of nitrogens with zero attached hydrogens (tertiary/aromatic N) is 2. The topological polar surface area (TPSA) is 53.1 Å². The summed E-state index contributed by atoms with van der Waals surface area (Å²) in [6.07, 6.45) is 3.65. The predicted octanol–water partition coefficient (Wildman–Crippen LogP) is 2.53. The maximum atomic E-state index is 5.53. The minimum absolute atomic E-state index is 0.670. The molecule has 0 atom stereocenters. The van der Waals surface area contributed by atoms with E-state index in [0.717, 1.165) is 34.4 Å². The van der Waals surface area contributed by atoms with Crippen LogP contribution in [0.3, 0.4) is 0 Å². The lowest BCUT2D eigenvalue weighted by Crippen LogP contribution is -2.03. The number of rotatable bonds is 5. The normalized spacial score (nSPS) is 10.6. The molecule has 1 heterocycles. The summed E-state index contributed by atoms with van der Waals surface area (Å²) >= 11 is 3.52. The number of ether oxygens (including phenoxy) is 1. The lowest BCUT2D eigenvalue weighted by molar-refractivity contribution is 0.379. The molecule has 0 aliphatic heterocycles. The van der Waals surface area contributed by atoms with Crippen molar-refractivity contribution in [2.75, 3.05) is 13.7 Å². The Kier molecular flexibility index (Phi) is 4.38. The molecule has 0 amide bonds. The van der Waals surface area contributed by atoms with Crippen LogP contribution in [0.1, 0.15) is 12.0 Å². The van der Waals surface area contributed by atoms with Gasteiger partial charge in [0, 0.05) is 10.0 Å². The molecule has 2 rings (SSSR count). The standard InChI is InChI=1S/C13H16BrN3O/c1-18-13-10(5-4-8-15)9-16-17(13)12-7-3-2-6-11(12)14/h2-3,6-7,9H,4-5,8,15H2,1H3. The van der Waals surface area contributed by atoms with Gasteiger partial charge in [-0.3, -0.25) is 0 Å². The van der Waals surface area contributed by atoms with Crippen LogP contribution in [0.4, 0.5) is 0 Å². The molecule has 1 aromatic heterocycles. The van der Waals surface area contributed by atoms with E-state index in [1.165, 1.54) is 0 Å². The second-order valence-corrected chi connectivity index (χ2v) is 4.79. The van der Waals surface area contributed by atoms with Gasteiger partial charge in [-0.25, -0.2) is 0 Å². The number of benzene rings is 1. The molecule has 5 heteroatoms. The van der Waals surface area contributed by atoms with E-state index in [4.69, 9.17) is 10.5 Å². The lowest BCUT2D eigenvalue weighted by atomic mass is 10.2. The van der Waals surface area contributed by atoms with Gasteiger partial charge in [0.1, 0.15) is 0 Å². The van der Waals surface area contributed by atoms with Crippen LogP contribution in [0, 0.1) is 0 Å². The summed E-state index contributed by atoms with van der Waals surface area (Å²) in [7, 11) is 1.66. The molecule has 0 fully saturated rings. The fraction of sp³-hybridized carbons (Fsp3) is 0.308. The summed E-state index contributed by atoms with van der Waals surface area (Å²) in [6.45, 7) is 0.670. The van der Waals surface area contributed by atoms with E-state index in [-0.39, 0.29) is 0 Å². The van der Waals surface area contributed by atoms with E-state index in [2.05, 4.69) is 21.0 Å². The van der Waals surface area contributed by atoms with Crippen molar-refractivity contribution in [2.24, 2.45) is 5.73 Å². The first-order valence-corrected chi connectivity index (χ1v) is 6.63. The molecule has 96 valence electrons. The van der Waals surface area contributed by atoms with Crippen molar-refractivity contribution in [3.8, 4) is 11.6 Å². The van der Waals surface area contributed by atoms with Gasteiger partial charge in [-0.15, -0.1) is 0 Å². The fourth-order valence-corrected chi connectivity index (χ4v) is 2.30. The summed E-state index contributed by atoms with van der Waals surface area (Å²) < 4.78 is 8.25. The summed E-state index contributed by atoms with van der Waals surface area (Å²) in [5.41, 5.74) is 7.58. The third-order valence-electron chi connectivity index (χ3n) is 2.72. The Hall–Kier alpha value is -1.33. The van der Waals surface area contributed by atoms with Gasteiger partial charge in [0.2, 0.25) is 5.88 Å². The molecule has 0 bridgehead atoms. The Bertz CT molecular complexity index is 525.